The van der Waals surface area contributed by atoms with Crippen LogP contribution in [0.1, 0.15) is 10.4 Å². The Kier molecular flexibility index (Phi) is 4.54. The zero-order chi connectivity index (χ0) is 23.6. The Hall–Kier alpha value is -3.71. The van der Waals surface area contributed by atoms with Gasteiger partial charge < -0.3 is 10.3 Å². The predicted molar refractivity (Wildman–Crippen MR) is 122 cm³/mol. The van der Waals surface area contributed by atoms with Crippen LogP contribution in [0.25, 0.3) is 37.2 Å². The van der Waals surface area contributed by atoms with Crippen molar-refractivity contribution in [3.63, 3.8) is 0 Å². The maximum absolute atomic E-state index is 12.9. The second-order valence-electron chi connectivity index (χ2n) is 8.37. The number of pyridine rings is 2. The van der Waals surface area contributed by atoms with Crippen LogP contribution in [0.3, 0.4) is 0 Å². The normalized spacial score (nSPS) is 15.9. The Morgan fingerprint density at radius 2 is 2.09 bits per heavy atom. The number of thiazole rings is 1. The summed E-state index contributed by atoms with van der Waals surface area (Å²) in [5.41, 5.74) is 2.19. The summed E-state index contributed by atoms with van der Waals surface area (Å²) in [6.07, 6.45) is 6.90. The van der Waals surface area contributed by atoms with Gasteiger partial charge in [-0.1, -0.05) is 0 Å². The number of aryl methyl sites for hydroxylation is 1. The van der Waals surface area contributed by atoms with Crippen molar-refractivity contribution in [3.8, 4) is 10.4 Å². The molecule has 6 rings (SSSR count). The van der Waals surface area contributed by atoms with Crippen LogP contribution >= 0.6 is 11.3 Å². The number of hydrogen-bond donors (Lipinski definition) is 2. The van der Waals surface area contributed by atoms with E-state index in [2.05, 4.69) is 25.5 Å². The molecule has 5 aromatic heterocycles. The summed E-state index contributed by atoms with van der Waals surface area (Å²) >= 11 is 1.43. The van der Waals surface area contributed by atoms with E-state index in [1.807, 2.05) is 19.4 Å². The molecule has 0 aromatic carbocycles. The summed E-state index contributed by atoms with van der Waals surface area (Å²) in [6, 6.07) is 1.55. The molecule has 1 fully saturated rings. The molecule has 0 bridgehead atoms. The molecule has 1 saturated heterocycles. The molecule has 1 aliphatic rings. The van der Waals surface area contributed by atoms with Gasteiger partial charge in [0.25, 0.3) is 17.4 Å². The number of amides is 1. The molecule has 0 atom stereocenters. The highest BCUT2D eigenvalue weighted by atomic mass is 32.1. The van der Waals surface area contributed by atoms with Crippen LogP contribution in [0.15, 0.2) is 35.6 Å². The third kappa shape index (κ3) is 3.44. The van der Waals surface area contributed by atoms with Crippen molar-refractivity contribution >= 4 is 44.0 Å². The maximum atomic E-state index is 12.9. The van der Waals surface area contributed by atoms with Crippen molar-refractivity contribution in [2.45, 2.75) is 5.92 Å². The smallest absolute Gasteiger partial charge is 0.272 e. The molecule has 2 N–H and O–H groups in total. The van der Waals surface area contributed by atoms with Crippen LogP contribution in [0.2, 0.25) is 0 Å². The van der Waals surface area contributed by atoms with Crippen LogP contribution in [-0.4, -0.2) is 72.3 Å². The number of fused-ring (bicyclic) bond motifs is 5. The fourth-order valence-electron chi connectivity index (χ4n) is 4.15. The van der Waals surface area contributed by atoms with E-state index in [0.717, 1.165) is 10.4 Å². The first kappa shape index (κ1) is 20.9. The second kappa shape index (κ2) is 7.40. The van der Waals surface area contributed by atoms with Crippen molar-refractivity contribution < 1.29 is 13.6 Å². The van der Waals surface area contributed by atoms with Gasteiger partial charge in [-0.25, -0.2) is 13.3 Å². The average Bonchev–Trinajstić information content (AvgIpc) is 3.46. The van der Waals surface area contributed by atoms with Gasteiger partial charge in [0.1, 0.15) is 21.3 Å². The van der Waals surface area contributed by atoms with E-state index >= 15 is 0 Å². The Labute approximate surface area is 193 Å². The van der Waals surface area contributed by atoms with Crippen molar-refractivity contribution in [2.24, 2.45) is 7.05 Å². The Morgan fingerprint density at radius 3 is 2.82 bits per heavy atom. The minimum atomic E-state index is -2.63. The molecule has 10 nitrogen and oxygen atoms in total. The molecule has 0 unspecified atom stereocenters. The number of halogens is 2. The zero-order valence-electron chi connectivity index (χ0n) is 17.9. The number of likely N-dealkylation sites (tertiary alicyclic amines) is 1. The van der Waals surface area contributed by atoms with Crippen LogP contribution in [-0.2, 0) is 7.05 Å². The Bertz CT molecular complexity index is 1640. The highest BCUT2D eigenvalue weighted by molar-refractivity contribution is 7.21. The largest absolute Gasteiger partial charge is 0.351 e. The van der Waals surface area contributed by atoms with Crippen LogP contribution in [0.5, 0.6) is 0 Å². The Morgan fingerprint density at radius 1 is 1.26 bits per heavy atom. The molecular formula is C21H18F2N8O2S. The number of nitrogens with one attached hydrogen (secondary N) is 2. The van der Waals surface area contributed by atoms with Gasteiger partial charge >= 0.3 is 0 Å². The highest BCUT2D eigenvalue weighted by Crippen LogP contribution is 2.33. The van der Waals surface area contributed by atoms with E-state index in [4.69, 9.17) is 0 Å². The average molecular weight is 484 g/mol. The van der Waals surface area contributed by atoms with Gasteiger partial charge in [0.15, 0.2) is 0 Å². The van der Waals surface area contributed by atoms with Gasteiger partial charge in [-0.3, -0.25) is 24.2 Å². The van der Waals surface area contributed by atoms with Gasteiger partial charge in [-0.15, -0.1) is 11.3 Å². The molecule has 34 heavy (non-hydrogen) atoms. The predicted octanol–water partition coefficient (Wildman–Crippen LogP) is 1.87. The quantitative estimate of drug-likeness (QED) is 0.394. The first-order chi connectivity index (χ1) is 16.3. The summed E-state index contributed by atoms with van der Waals surface area (Å²) in [5, 5.41) is 11.9. The zero-order valence-corrected chi connectivity index (χ0v) is 18.7. The lowest BCUT2D eigenvalue weighted by Crippen LogP contribution is -2.57. The van der Waals surface area contributed by atoms with Gasteiger partial charge in [-0.05, 0) is 6.07 Å². The van der Waals surface area contributed by atoms with Crippen LogP contribution < -0.4 is 10.9 Å². The van der Waals surface area contributed by atoms with E-state index in [9.17, 15) is 18.4 Å². The minimum absolute atomic E-state index is 0.235. The highest BCUT2D eigenvalue weighted by Gasteiger charge is 2.43. The van der Waals surface area contributed by atoms with E-state index in [1.165, 1.54) is 17.5 Å². The molecule has 13 heteroatoms. The van der Waals surface area contributed by atoms with Crippen molar-refractivity contribution in [1.82, 2.24) is 39.6 Å². The lowest BCUT2D eigenvalue weighted by atomic mass is 10.1. The fourth-order valence-corrected chi connectivity index (χ4v) is 5.21. The SMILES string of the molecule is Cn1cc(-c2cn3nc4c5ncc(C(=O)NCCN6CC(F)(F)C6)cc5[nH]c(=O)c4c3s2)cn1. The summed E-state index contributed by atoms with van der Waals surface area (Å²) in [4.78, 5) is 35.8. The standard InChI is InChI=1S/C21H18F2N8O2S/c1-29-7-12(6-26-29)14-8-31-20(34-14)15-17(28-31)16-13(27-19(15)33)4-11(5-25-16)18(32)24-2-3-30-9-21(22,23)10-30/h4-8H,2-3,9-10H2,1H3,(H,24,32)(H,27,33). The molecule has 5 aromatic rings. The molecule has 0 saturated carbocycles. The number of carbonyl (C=O) groups is 1. The number of rotatable bonds is 5. The lowest BCUT2D eigenvalue weighted by molar-refractivity contribution is -0.129. The first-order valence-corrected chi connectivity index (χ1v) is 11.3. The number of alkyl halides is 2. The number of nitrogens with zero attached hydrogens (tertiary/aromatic N) is 6. The monoisotopic (exact) mass is 484 g/mol. The van der Waals surface area contributed by atoms with Crippen molar-refractivity contribution in [3.05, 3.63) is 46.8 Å². The molecule has 1 amide bonds. The maximum Gasteiger partial charge on any atom is 0.272 e. The van der Waals surface area contributed by atoms with Gasteiger partial charge in [0, 0.05) is 44.3 Å². The third-order valence-corrected chi connectivity index (χ3v) is 6.92. The topological polar surface area (TPSA) is 113 Å². The lowest BCUT2D eigenvalue weighted by Gasteiger charge is -2.38. The second-order valence-corrected chi connectivity index (χ2v) is 9.40. The summed E-state index contributed by atoms with van der Waals surface area (Å²) in [5.74, 6) is -3.03. The molecule has 174 valence electrons. The van der Waals surface area contributed by atoms with Crippen molar-refractivity contribution in [1.29, 1.82) is 0 Å². The summed E-state index contributed by atoms with van der Waals surface area (Å²) < 4.78 is 29.2. The van der Waals surface area contributed by atoms with Crippen molar-refractivity contribution in [2.75, 3.05) is 26.2 Å². The van der Waals surface area contributed by atoms with Crippen LogP contribution in [0.4, 0.5) is 8.78 Å². The van der Waals surface area contributed by atoms with Gasteiger partial charge in [0.2, 0.25) is 0 Å². The van der Waals surface area contributed by atoms with Crippen LogP contribution in [0, 0.1) is 0 Å². The number of carbonyl (C=O) groups excluding carboxylic acids is 1. The van der Waals surface area contributed by atoms with E-state index < -0.39 is 11.8 Å². The molecule has 0 radical (unpaired) electrons. The fraction of sp³-hybridized carbons (Fsp3) is 0.286. The number of aromatic nitrogens is 6. The molecule has 1 aliphatic heterocycles. The first-order valence-electron chi connectivity index (χ1n) is 10.5. The number of H-pyrrole nitrogens is 1. The summed E-state index contributed by atoms with van der Waals surface area (Å²) in [7, 11) is 1.84. The minimum Gasteiger partial charge on any atom is -0.351 e. The van der Waals surface area contributed by atoms with E-state index in [1.54, 1.807) is 26.4 Å². The van der Waals surface area contributed by atoms with E-state index in [0.29, 0.717) is 33.3 Å². The summed E-state index contributed by atoms with van der Waals surface area (Å²) in [6.45, 7) is -0.00171. The van der Waals surface area contributed by atoms with E-state index in [-0.39, 0.29) is 30.8 Å². The molecular weight excluding hydrogens is 466 g/mol. The number of aromatic amines is 1. The molecule has 6 heterocycles. The third-order valence-electron chi connectivity index (χ3n) is 5.77. The Balaban J connectivity index is 1.28. The number of hydrogen-bond acceptors (Lipinski definition) is 7. The van der Waals surface area contributed by atoms with Gasteiger partial charge in [-0.2, -0.15) is 10.2 Å². The molecule has 0 aliphatic carbocycles. The molecule has 0 spiro atoms. The van der Waals surface area contributed by atoms with Gasteiger partial charge in [0.05, 0.1) is 35.2 Å².